The van der Waals surface area contributed by atoms with Gasteiger partial charge in [0.25, 0.3) is 0 Å². The first kappa shape index (κ1) is 40.0. The average Bonchev–Trinajstić information content (AvgIpc) is 3.23. The molecule has 0 unspecified atom stereocenters. The van der Waals surface area contributed by atoms with Gasteiger partial charge in [-0.05, 0) is 104 Å². The van der Waals surface area contributed by atoms with Crippen molar-refractivity contribution in [3.63, 3.8) is 0 Å². The van der Waals surface area contributed by atoms with E-state index in [2.05, 4.69) is 0 Å². The normalized spacial score (nSPS) is 24.1. The summed E-state index contributed by atoms with van der Waals surface area (Å²) in [5.41, 5.74) is 2.35. The minimum absolute atomic E-state index is 0.0291. The van der Waals surface area contributed by atoms with Gasteiger partial charge in [0.2, 0.25) is 11.7 Å². The van der Waals surface area contributed by atoms with E-state index < -0.39 is 36.2 Å². The summed E-state index contributed by atoms with van der Waals surface area (Å²) < 4.78 is 40.9. The number of carbonyl (C=O) groups excluding carboxylic acids is 2. The van der Waals surface area contributed by atoms with Crippen molar-refractivity contribution in [2.45, 2.75) is 94.5 Å². The number of hydrogen-bond acceptors (Lipinski definition) is 11. The number of aliphatic hydroxyl groups is 2. The molecule has 1 saturated carbocycles. The van der Waals surface area contributed by atoms with Crippen LogP contribution in [-0.4, -0.2) is 93.4 Å². The molecule has 5 atom stereocenters. The van der Waals surface area contributed by atoms with Crippen molar-refractivity contribution in [1.82, 2.24) is 4.90 Å². The summed E-state index contributed by atoms with van der Waals surface area (Å²) in [7, 11) is 6.19. The number of ether oxygens (including phenoxy) is 7. The van der Waals surface area contributed by atoms with E-state index in [1.165, 1.54) is 14.2 Å². The van der Waals surface area contributed by atoms with Crippen LogP contribution in [0.2, 0.25) is 0 Å². The largest absolute Gasteiger partial charge is 0.493 e. The second kappa shape index (κ2) is 18.8. The molecule has 0 aromatic heterocycles. The smallest absolute Gasteiger partial charge is 0.329 e. The molecule has 3 aliphatic rings. The molecule has 2 fully saturated rings. The molecular formula is C43H55NO11. The SMILES string of the molecule is COc1ccc(CC[C@H]2OC(=O)[C@@H]3CCCCN3C(=O)[C@@H](C3CCCCC3)c3cc(OC)c(OC)c(c3)OC[C@@H](O)[C@H](O)COc3cccc2c3)cc1OC. The molecule has 12 heteroatoms. The molecule has 2 N–H and O–H groups in total. The number of aryl methyl sites for hydroxylation is 1. The fraction of sp³-hybridized carbons (Fsp3) is 0.535. The van der Waals surface area contributed by atoms with Crippen LogP contribution in [0.3, 0.4) is 0 Å². The molecule has 3 aromatic rings. The van der Waals surface area contributed by atoms with Crippen molar-refractivity contribution < 1.29 is 53.0 Å². The van der Waals surface area contributed by atoms with Crippen LogP contribution in [0.1, 0.15) is 86.5 Å². The summed E-state index contributed by atoms with van der Waals surface area (Å²) in [5, 5.41) is 21.9. The van der Waals surface area contributed by atoms with Crippen LogP contribution >= 0.6 is 0 Å². The van der Waals surface area contributed by atoms with Gasteiger partial charge in [0, 0.05) is 6.54 Å². The van der Waals surface area contributed by atoms with Gasteiger partial charge in [-0.1, -0.05) is 37.5 Å². The highest BCUT2D eigenvalue weighted by molar-refractivity contribution is 5.89. The van der Waals surface area contributed by atoms with Gasteiger partial charge < -0.3 is 48.3 Å². The predicted molar refractivity (Wildman–Crippen MR) is 204 cm³/mol. The van der Waals surface area contributed by atoms with E-state index >= 15 is 4.79 Å². The Labute approximate surface area is 323 Å². The van der Waals surface area contributed by atoms with Gasteiger partial charge in [-0.3, -0.25) is 4.79 Å². The Morgan fingerprint density at radius 2 is 1.45 bits per heavy atom. The Morgan fingerprint density at radius 1 is 0.727 bits per heavy atom. The van der Waals surface area contributed by atoms with E-state index in [4.69, 9.17) is 33.2 Å². The van der Waals surface area contributed by atoms with E-state index in [1.807, 2.05) is 30.3 Å². The Bertz CT molecular complexity index is 1760. The lowest BCUT2D eigenvalue weighted by Gasteiger charge is -2.40. The number of cyclic esters (lactones) is 1. The van der Waals surface area contributed by atoms with Gasteiger partial charge in [0.15, 0.2) is 23.0 Å². The number of fused-ring (bicyclic) bond motifs is 5. The van der Waals surface area contributed by atoms with Gasteiger partial charge in [0.05, 0.1) is 34.4 Å². The second-order valence-corrected chi connectivity index (χ2v) is 14.7. The summed E-state index contributed by atoms with van der Waals surface area (Å²) in [6.07, 6.45) is 4.58. The molecule has 0 radical (unpaired) electrons. The molecule has 0 spiro atoms. The Hall–Kier alpha value is -4.68. The second-order valence-electron chi connectivity index (χ2n) is 14.7. The maximum absolute atomic E-state index is 15.1. The zero-order chi connectivity index (χ0) is 38.9. The van der Waals surface area contributed by atoms with Crippen molar-refractivity contribution in [2.75, 3.05) is 48.2 Å². The lowest BCUT2D eigenvalue weighted by Crippen LogP contribution is -2.51. The number of hydrogen-bond donors (Lipinski definition) is 2. The summed E-state index contributed by atoms with van der Waals surface area (Å²) in [6.45, 7) is -0.0631. The third kappa shape index (κ3) is 9.41. The molecule has 2 aliphatic heterocycles. The molecule has 12 nitrogen and oxygen atoms in total. The number of rotatable bonds is 8. The van der Waals surface area contributed by atoms with Gasteiger partial charge in [0.1, 0.15) is 43.3 Å². The molecule has 55 heavy (non-hydrogen) atoms. The van der Waals surface area contributed by atoms with Crippen LogP contribution in [0.5, 0.6) is 34.5 Å². The van der Waals surface area contributed by atoms with Gasteiger partial charge in [-0.25, -0.2) is 4.79 Å². The van der Waals surface area contributed by atoms with Crippen LogP contribution in [0.15, 0.2) is 54.6 Å². The summed E-state index contributed by atoms with van der Waals surface area (Å²) in [4.78, 5) is 31.3. The summed E-state index contributed by atoms with van der Waals surface area (Å²) in [6, 6.07) is 15.7. The predicted octanol–water partition coefficient (Wildman–Crippen LogP) is 6.18. The van der Waals surface area contributed by atoms with Crippen LogP contribution in [0, 0.1) is 5.92 Å². The number of esters is 1. The fourth-order valence-electron chi connectivity index (χ4n) is 8.17. The van der Waals surface area contributed by atoms with E-state index in [0.29, 0.717) is 65.7 Å². The number of carbonyl (C=O) groups is 2. The quantitative estimate of drug-likeness (QED) is 0.254. The maximum Gasteiger partial charge on any atom is 0.329 e. The molecule has 2 heterocycles. The average molecular weight is 762 g/mol. The summed E-state index contributed by atoms with van der Waals surface area (Å²) in [5.74, 6) is 1.47. The van der Waals surface area contributed by atoms with E-state index in [1.54, 1.807) is 43.4 Å². The minimum atomic E-state index is -1.32. The molecule has 298 valence electrons. The van der Waals surface area contributed by atoms with Crippen molar-refractivity contribution in [3.8, 4) is 34.5 Å². The molecule has 6 rings (SSSR count). The number of nitrogens with zero attached hydrogens (tertiary/aromatic N) is 1. The standard InChI is InChI=1S/C43H55NO11/c1-49-36-19-17-27(21-37(36)50-2)16-18-35-29-13-10-14-31(22-29)53-25-33(45)34(46)26-54-39-24-30(23-38(51-3)41(39)52-4)40(28-11-6-5-7-12-28)42(47)44-20-9-8-15-32(44)43(48)55-35/h10,13-14,17,19,21-24,28,32-35,40,45-46H,5-9,11-12,15-16,18,20,25-26H2,1-4H3/t32-,33+,34+,35+,40-/m0/s1. The van der Waals surface area contributed by atoms with Crippen LogP contribution in [-0.2, 0) is 20.7 Å². The summed E-state index contributed by atoms with van der Waals surface area (Å²) >= 11 is 0. The van der Waals surface area contributed by atoms with Crippen molar-refractivity contribution in [2.24, 2.45) is 5.92 Å². The topological polar surface area (TPSA) is 142 Å². The third-order valence-electron chi connectivity index (χ3n) is 11.2. The highest BCUT2D eigenvalue weighted by Crippen LogP contribution is 2.45. The van der Waals surface area contributed by atoms with Crippen molar-refractivity contribution in [3.05, 3.63) is 71.3 Å². The monoisotopic (exact) mass is 761 g/mol. The molecule has 3 aromatic carbocycles. The van der Waals surface area contributed by atoms with Crippen LogP contribution < -0.4 is 28.4 Å². The third-order valence-corrected chi connectivity index (χ3v) is 11.2. The Balaban J connectivity index is 1.40. The molecule has 1 saturated heterocycles. The molecule has 1 amide bonds. The van der Waals surface area contributed by atoms with E-state index in [0.717, 1.165) is 50.5 Å². The van der Waals surface area contributed by atoms with Crippen molar-refractivity contribution >= 4 is 11.9 Å². The van der Waals surface area contributed by atoms with Crippen molar-refractivity contribution in [1.29, 1.82) is 0 Å². The Kier molecular flexibility index (Phi) is 13.7. The van der Waals surface area contributed by atoms with E-state index in [-0.39, 0.29) is 30.8 Å². The molecular weight excluding hydrogens is 706 g/mol. The zero-order valence-corrected chi connectivity index (χ0v) is 32.4. The highest BCUT2D eigenvalue weighted by atomic mass is 16.6. The van der Waals surface area contributed by atoms with Crippen LogP contribution in [0.4, 0.5) is 0 Å². The first-order chi connectivity index (χ1) is 26.7. The lowest BCUT2D eigenvalue weighted by atomic mass is 9.75. The van der Waals surface area contributed by atoms with Gasteiger partial charge >= 0.3 is 5.97 Å². The number of benzene rings is 3. The van der Waals surface area contributed by atoms with E-state index in [9.17, 15) is 15.0 Å². The maximum atomic E-state index is 15.1. The first-order valence-corrected chi connectivity index (χ1v) is 19.4. The van der Waals surface area contributed by atoms with Gasteiger partial charge in [-0.15, -0.1) is 0 Å². The molecule has 4 bridgehead atoms. The lowest BCUT2D eigenvalue weighted by molar-refractivity contribution is -0.163. The van der Waals surface area contributed by atoms with Gasteiger partial charge in [-0.2, -0.15) is 0 Å². The number of aliphatic hydroxyl groups excluding tert-OH is 2. The first-order valence-electron chi connectivity index (χ1n) is 19.4. The zero-order valence-electron chi connectivity index (χ0n) is 32.4. The molecule has 1 aliphatic carbocycles. The number of amides is 1. The van der Waals surface area contributed by atoms with Crippen LogP contribution in [0.25, 0.3) is 0 Å². The number of methoxy groups -OCH3 is 4. The fourth-order valence-corrected chi connectivity index (χ4v) is 8.17. The Morgan fingerprint density at radius 3 is 2.18 bits per heavy atom. The highest BCUT2D eigenvalue weighted by Gasteiger charge is 2.41. The minimum Gasteiger partial charge on any atom is -0.493 e. The number of piperidine rings is 1.